The van der Waals surface area contributed by atoms with Crippen LogP contribution in [0.5, 0.6) is 0 Å². The van der Waals surface area contributed by atoms with Gasteiger partial charge in [0.05, 0.1) is 6.61 Å². The van der Waals surface area contributed by atoms with Gasteiger partial charge >= 0.3 is 0 Å². The van der Waals surface area contributed by atoms with Gasteiger partial charge in [-0.2, -0.15) is 0 Å². The highest BCUT2D eigenvalue weighted by Crippen LogP contribution is 2.09. The largest absolute Gasteiger partial charge is 0.370 e. The average Bonchev–Trinajstić information content (AvgIpc) is 2.31. The van der Waals surface area contributed by atoms with Crippen LogP contribution in [0.15, 0.2) is 0 Å². The Hall–Kier alpha value is -0.610. The Balaban J connectivity index is 4.00. The van der Waals surface area contributed by atoms with E-state index in [9.17, 15) is 4.79 Å². The zero-order valence-corrected chi connectivity index (χ0v) is 10.9. The minimum Gasteiger partial charge on any atom is -0.370 e. The van der Waals surface area contributed by atoms with Crippen LogP contribution in [0.2, 0.25) is 0 Å². The molecule has 2 N–H and O–H groups in total. The lowest BCUT2D eigenvalue weighted by Gasteiger charge is -2.25. The Morgan fingerprint density at radius 2 is 1.94 bits per heavy atom. The average molecular weight is 230 g/mol. The number of nitrogens with zero attached hydrogens (tertiary/aromatic N) is 1. The fraction of sp³-hybridized carbons (Fsp3) is 0.917. The predicted octanol–water partition coefficient (Wildman–Crippen LogP) is 1.25. The lowest BCUT2D eigenvalue weighted by atomic mass is 10.0. The number of carbonyl (C=O) groups is 1. The molecule has 0 aliphatic heterocycles. The van der Waals surface area contributed by atoms with Crippen LogP contribution in [-0.4, -0.2) is 43.7 Å². The van der Waals surface area contributed by atoms with Gasteiger partial charge in [0.15, 0.2) is 0 Å². The number of ether oxygens (including phenoxy) is 1. The van der Waals surface area contributed by atoms with E-state index in [4.69, 9.17) is 10.5 Å². The van der Waals surface area contributed by atoms with Gasteiger partial charge in [0, 0.05) is 19.6 Å². The maximum Gasteiger partial charge on any atom is 0.248 e. The molecule has 0 saturated heterocycles. The smallest absolute Gasteiger partial charge is 0.248 e. The molecule has 4 heteroatoms. The molecule has 0 aromatic heterocycles. The molecule has 0 atom stereocenters. The summed E-state index contributed by atoms with van der Waals surface area (Å²) >= 11 is 0. The van der Waals surface area contributed by atoms with Gasteiger partial charge in [-0.15, -0.1) is 0 Å². The Morgan fingerprint density at radius 1 is 1.31 bits per heavy atom. The van der Waals surface area contributed by atoms with Crippen LogP contribution in [0.3, 0.4) is 0 Å². The van der Waals surface area contributed by atoms with Crippen molar-refractivity contribution in [2.45, 2.75) is 33.6 Å². The van der Waals surface area contributed by atoms with Gasteiger partial charge in [0.1, 0.15) is 6.61 Å². The van der Waals surface area contributed by atoms with Crippen molar-refractivity contribution in [1.82, 2.24) is 4.90 Å². The highest BCUT2D eigenvalue weighted by atomic mass is 16.5. The minimum absolute atomic E-state index is 0.0721. The Labute approximate surface area is 99.1 Å². The first-order chi connectivity index (χ1) is 7.69. The second-order valence-electron chi connectivity index (χ2n) is 3.96. The topological polar surface area (TPSA) is 55.6 Å². The van der Waals surface area contributed by atoms with E-state index in [2.05, 4.69) is 13.8 Å². The molecule has 1 amide bonds. The number of hydrogen-bond acceptors (Lipinski definition) is 3. The molecule has 0 fully saturated rings. The van der Waals surface area contributed by atoms with Crippen LogP contribution < -0.4 is 5.73 Å². The van der Waals surface area contributed by atoms with Gasteiger partial charge in [0.25, 0.3) is 0 Å². The van der Waals surface area contributed by atoms with Gasteiger partial charge < -0.3 is 15.4 Å². The number of amides is 1. The predicted molar refractivity (Wildman–Crippen MR) is 66.2 cm³/mol. The quantitative estimate of drug-likeness (QED) is 0.606. The van der Waals surface area contributed by atoms with Crippen LogP contribution in [0.1, 0.15) is 33.6 Å². The normalized spacial score (nSPS) is 10.8. The SMILES string of the molecule is CCC(CC)CN(CC)C(=O)COCCN. The highest BCUT2D eigenvalue weighted by Gasteiger charge is 2.15. The summed E-state index contributed by atoms with van der Waals surface area (Å²) in [6.07, 6.45) is 2.23. The van der Waals surface area contributed by atoms with Crippen molar-refractivity contribution in [3.8, 4) is 0 Å². The van der Waals surface area contributed by atoms with Crippen LogP contribution in [0.25, 0.3) is 0 Å². The Kier molecular flexibility index (Phi) is 9.24. The summed E-state index contributed by atoms with van der Waals surface area (Å²) in [5.74, 6) is 0.668. The second kappa shape index (κ2) is 9.60. The lowest BCUT2D eigenvalue weighted by Crippen LogP contribution is -2.37. The molecular formula is C12H26N2O2. The molecular weight excluding hydrogens is 204 g/mol. The molecule has 0 unspecified atom stereocenters. The third-order valence-electron chi connectivity index (χ3n) is 2.86. The Morgan fingerprint density at radius 3 is 2.38 bits per heavy atom. The van der Waals surface area contributed by atoms with Crippen LogP contribution in [0.4, 0.5) is 0 Å². The minimum atomic E-state index is 0.0721. The molecule has 0 radical (unpaired) electrons. The molecule has 0 aromatic carbocycles. The van der Waals surface area contributed by atoms with Gasteiger partial charge in [-0.3, -0.25) is 4.79 Å². The molecule has 0 aliphatic carbocycles. The van der Waals surface area contributed by atoms with Crippen molar-refractivity contribution >= 4 is 5.91 Å². The van der Waals surface area contributed by atoms with E-state index in [0.29, 0.717) is 19.1 Å². The third-order valence-corrected chi connectivity index (χ3v) is 2.86. The van der Waals surface area contributed by atoms with Crippen molar-refractivity contribution in [3.63, 3.8) is 0 Å². The molecule has 0 heterocycles. The molecule has 0 rings (SSSR count). The van der Waals surface area contributed by atoms with E-state index in [0.717, 1.165) is 25.9 Å². The maximum atomic E-state index is 11.8. The number of hydrogen-bond donors (Lipinski definition) is 1. The van der Waals surface area contributed by atoms with E-state index >= 15 is 0 Å². The highest BCUT2D eigenvalue weighted by molar-refractivity contribution is 5.77. The second-order valence-corrected chi connectivity index (χ2v) is 3.96. The van der Waals surface area contributed by atoms with E-state index in [1.807, 2.05) is 11.8 Å². The number of nitrogens with two attached hydrogens (primary N) is 1. The molecule has 0 saturated carbocycles. The van der Waals surface area contributed by atoms with Gasteiger partial charge in [0.2, 0.25) is 5.91 Å². The lowest BCUT2D eigenvalue weighted by molar-refractivity contribution is -0.136. The van der Waals surface area contributed by atoms with Crippen LogP contribution in [-0.2, 0) is 9.53 Å². The molecule has 96 valence electrons. The molecule has 16 heavy (non-hydrogen) atoms. The molecule has 0 aromatic rings. The first kappa shape index (κ1) is 15.4. The van der Waals surface area contributed by atoms with Crippen molar-refractivity contribution < 1.29 is 9.53 Å². The summed E-state index contributed by atoms with van der Waals surface area (Å²) in [5, 5.41) is 0. The van der Waals surface area contributed by atoms with Gasteiger partial charge in [-0.25, -0.2) is 0 Å². The standard InChI is InChI=1S/C12H26N2O2/c1-4-11(5-2)9-14(6-3)12(15)10-16-8-7-13/h11H,4-10,13H2,1-3H3. The number of carbonyl (C=O) groups excluding carboxylic acids is 1. The zero-order chi connectivity index (χ0) is 12.4. The van der Waals surface area contributed by atoms with Crippen molar-refractivity contribution in [3.05, 3.63) is 0 Å². The molecule has 0 bridgehead atoms. The third kappa shape index (κ3) is 6.08. The molecule has 0 aliphatic rings. The maximum absolute atomic E-state index is 11.8. The van der Waals surface area contributed by atoms with Crippen molar-refractivity contribution in [2.75, 3.05) is 32.8 Å². The molecule has 4 nitrogen and oxygen atoms in total. The van der Waals surface area contributed by atoms with E-state index in [1.54, 1.807) is 0 Å². The number of likely N-dealkylation sites (N-methyl/N-ethyl adjacent to an activating group) is 1. The first-order valence-electron chi connectivity index (χ1n) is 6.25. The van der Waals surface area contributed by atoms with Crippen LogP contribution in [0, 0.1) is 5.92 Å². The van der Waals surface area contributed by atoms with Crippen LogP contribution >= 0.6 is 0 Å². The number of rotatable bonds is 9. The van der Waals surface area contributed by atoms with E-state index in [-0.39, 0.29) is 12.5 Å². The summed E-state index contributed by atoms with van der Waals surface area (Å²) in [6.45, 7) is 9.00. The fourth-order valence-electron chi connectivity index (χ4n) is 1.60. The monoisotopic (exact) mass is 230 g/mol. The molecule has 0 spiro atoms. The summed E-state index contributed by atoms with van der Waals surface area (Å²) < 4.78 is 5.16. The summed E-state index contributed by atoms with van der Waals surface area (Å²) in [5.41, 5.74) is 5.30. The van der Waals surface area contributed by atoms with E-state index in [1.165, 1.54) is 0 Å². The zero-order valence-electron chi connectivity index (χ0n) is 10.9. The summed E-state index contributed by atoms with van der Waals surface area (Å²) in [7, 11) is 0. The van der Waals surface area contributed by atoms with Gasteiger partial charge in [-0.05, 0) is 12.8 Å². The van der Waals surface area contributed by atoms with Crippen molar-refractivity contribution in [2.24, 2.45) is 11.7 Å². The summed E-state index contributed by atoms with van der Waals surface area (Å²) in [4.78, 5) is 13.6. The fourth-order valence-corrected chi connectivity index (χ4v) is 1.60. The van der Waals surface area contributed by atoms with Crippen molar-refractivity contribution in [1.29, 1.82) is 0 Å². The first-order valence-corrected chi connectivity index (χ1v) is 6.25. The summed E-state index contributed by atoms with van der Waals surface area (Å²) in [6, 6.07) is 0. The van der Waals surface area contributed by atoms with E-state index < -0.39 is 0 Å². The van der Waals surface area contributed by atoms with Gasteiger partial charge in [-0.1, -0.05) is 26.7 Å². The Bertz CT molecular complexity index is 182.